The number of hydrogen-bond acceptors (Lipinski definition) is 6. The number of carbonyl (C=O) groups is 1. The highest BCUT2D eigenvalue weighted by atomic mass is 35.5. The molecule has 2 heterocycles. The molecule has 1 aromatic heterocycles. The van der Waals surface area contributed by atoms with Crippen LogP contribution in [0, 0.1) is 0 Å². The van der Waals surface area contributed by atoms with Crippen LogP contribution >= 0.6 is 23.4 Å². The Labute approximate surface area is 194 Å². The summed E-state index contributed by atoms with van der Waals surface area (Å²) in [6.45, 7) is 2.70. The van der Waals surface area contributed by atoms with Gasteiger partial charge in [0.15, 0.2) is 6.61 Å². The van der Waals surface area contributed by atoms with E-state index in [0.717, 1.165) is 21.0 Å². The first-order chi connectivity index (χ1) is 15.6. The average molecular weight is 464 g/mol. The van der Waals surface area contributed by atoms with Gasteiger partial charge >= 0.3 is 0 Å². The lowest BCUT2D eigenvalue weighted by atomic mass is 10.1. The largest absolute Gasteiger partial charge is 0.484 e. The molecule has 0 saturated heterocycles. The Morgan fingerprint density at radius 3 is 2.69 bits per heavy atom. The lowest BCUT2D eigenvalue weighted by molar-refractivity contribution is 0.0985. The van der Waals surface area contributed by atoms with E-state index in [1.165, 1.54) is 0 Å². The standard InChI is InChI=1S/C24H18ClN3O3S/c1-2-28-19-12-7-15(13-21(19)32-20-6-4-3-5-18(20)24(28)29)23-26-22(31-27-23)14-30-17-10-8-16(25)9-11-17/h3-13H,2,14H2,1H3. The van der Waals surface area contributed by atoms with Crippen LogP contribution in [0.5, 0.6) is 5.75 Å². The third-order valence-electron chi connectivity index (χ3n) is 5.05. The maximum Gasteiger partial charge on any atom is 0.264 e. The Kier molecular flexibility index (Phi) is 5.59. The van der Waals surface area contributed by atoms with Crippen molar-refractivity contribution in [2.45, 2.75) is 23.3 Å². The van der Waals surface area contributed by atoms with Crippen LogP contribution in [-0.2, 0) is 6.61 Å². The number of fused-ring (bicyclic) bond motifs is 2. The Morgan fingerprint density at radius 1 is 1.06 bits per heavy atom. The maximum atomic E-state index is 13.0. The van der Waals surface area contributed by atoms with E-state index in [1.54, 1.807) is 40.9 Å². The number of halogens is 1. The van der Waals surface area contributed by atoms with E-state index in [4.69, 9.17) is 20.9 Å². The second-order valence-electron chi connectivity index (χ2n) is 7.08. The minimum Gasteiger partial charge on any atom is -0.484 e. The maximum absolute atomic E-state index is 13.0. The van der Waals surface area contributed by atoms with E-state index in [0.29, 0.717) is 34.6 Å². The van der Waals surface area contributed by atoms with Gasteiger partial charge in [-0.25, -0.2) is 0 Å². The Morgan fingerprint density at radius 2 is 1.88 bits per heavy atom. The Hall–Kier alpha value is -3.29. The van der Waals surface area contributed by atoms with E-state index < -0.39 is 0 Å². The number of aromatic nitrogens is 2. The summed E-state index contributed by atoms with van der Waals surface area (Å²) in [6, 6.07) is 20.6. The van der Waals surface area contributed by atoms with Gasteiger partial charge in [-0.2, -0.15) is 4.98 Å². The lowest BCUT2D eigenvalue weighted by Gasteiger charge is -2.21. The summed E-state index contributed by atoms with van der Waals surface area (Å²) in [5.74, 6) is 1.50. The number of hydrogen-bond donors (Lipinski definition) is 0. The average Bonchev–Trinajstić information content (AvgIpc) is 3.25. The van der Waals surface area contributed by atoms with Gasteiger partial charge in [0.05, 0.1) is 11.3 Å². The zero-order valence-electron chi connectivity index (χ0n) is 17.1. The van der Waals surface area contributed by atoms with Crippen molar-refractivity contribution >= 4 is 35.0 Å². The highest BCUT2D eigenvalue weighted by Crippen LogP contribution is 2.42. The van der Waals surface area contributed by atoms with Crippen LogP contribution in [0.25, 0.3) is 11.4 Å². The van der Waals surface area contributed by atoms with Crippen molar-refractivity contribution in [1.29, 1.82) is 0 Å². The molecule has 1 amide bonds. The number of carbonyl (C=O) groups excluding carboxylic acids is 1. The number of benzene rings is 3. The fourth-order valence-corrected chi connectivity index (χ4v) is 4.73. The fourth-order valence-electron chi connectivity index (χ4n) is 3.48. The first kappa shape index (κ1) is 20.6. The predicted molar refractivity (Wildman–Crippen MR) is 123 cm³/mol. The summed E-state index contributed by atoms with van der Waals surface area (Å²) < 4.78 is 11.0. The normalized spacial score (nSPS) is 12.8. The molecule has 3 aromatic carbocycles. The summed E-state index contributed by atoms with van der Waals surface area (Å²) in [5.41, 5.74) is 2.39. The Balaban J connectivity index is 1.41. The van der Waals surface area contributed by atoms with Gasteiger partial charge in [0, 0.05) is 26.9 Å². The molecule has 0 fully saturated rings. The minimum absolute atomic E-state index is 0.00305. The van der Waals surface area contributed by atoms with Gasteiger partial charge < -0.3 is 14.2 Å². The highest BCUT2D eigenvalue weighted by Gasteiger charge is 2.26. The molecule has 1 aliphatic heterocycles. The van der Waals surface area contributed by atoms with Gasteiger partial charge in [-0.1, -0.05) is 40.7 Å². The molecule has 0 N–H and O–H groups in total. The summed E-state index contributed by atoms with van der Waals surface area (Å²) in [5, 5.41) is 4.75. The van der Waals surface area contributed by atoms with E-state index in [-0.39, 0.29) is 12.5 Å². The van der Waals surface area contributed by atoms with Crippen LogP contribution < -0.4 is 9.64 Å². The first-order valence-electron chi connectivity index (χ1n) is 10.1. The molecule has 0 bridgehead atoms. The van der Waals surface area contributed by atoms with Crippen molar-refractivity contribution < 1.29 is 14.1 Å². The summed E-state index contributed by atoms with van der Waals surface area (Å²) in [6.07, 6.45) is 0. The second kappa shape index (κ2) is 8.68. The van der Waals surface area contributed by atoms with E-state index in [2.05, 4.69) is 10.1 Å². The SMILES string of the molecule is CCN1C(=O)c2ccccc2Sc2cc(-c3noc(COc4ccc(Cl)cc4)n3)ccc21. The quantitative estimate of drug-likeness (QED) is 0.356. The highest BCUT2D eigenvalue weighted by molar-refractivity contribution is 7.99. The van der Waals surface area contributed by atoms with Crippen molar-refractivity contribution in [3.05, 3.63) is 83.2 Å². The molecule has 160 valence electrons. The monoisotopic (exact) mass is 463 g/mol. The smallest absolute Gasteiger partial charge is 0.264 e. The number of ether oxygens (including phenoxy) is 1. The van der Waals surface area contributed by atoms with Gasteiger partial charge in [0.25, 0.3) is 11.8 Å². The molecule has 5 rings (SSSR count). The van der Waals surface area contributed by atoms with Crippen LogP contribution in [0.15, 0.2) is 81.0 Å². The molecular weight excluding hydrogens is 446 g/mol. The zero-order chi connectivity index (χ0) is 22.1. The van der Waals surface area contributed by atoms with Gasteiger partial charge in [-0.3, -0.25) is 4.79 Å². The second-order valence-corrected chi connectivity index (χ2v) is 8.60. The molecule has 6 nitrogen and oxygen atoms in total. The number of nitrogens with zero attached hydrogens (tertiary/aromatic N) is 3. The third kappa shape index (κ3) is 3.97. The topological polar surface area (TPSA) is 68.5 Å². The zero-order valence-corrected chi connectivity index (χ0v) is 18.7. The van der Waals surface area contributed by atoms with Gasteiger partial charge in [0.2, 0.25) is 5.82 Å². The number of rotatable bonds is 5. The molecule has 8 heteroatoms. The fraction of sp³-hybridized carbons (Fsp3) is 0.125. The molecule has 32 heavy (non-hydrogen) atoms. The van der Waals surface area contributed by atoms with Crippen LogP contribution in [0.2, 0.25) is 5.02 Å². The summed E-state index contributed by atoms with van der Waals surface area (Å²) in [7, 11) is 0. The molecule has 0 unspecified atom stereocenters. The van der Waals surface area contributed by atoms with Crippen molar-refractivity contribution in [3.63, 3.8) is 0 Å². The molecule has 0 saturated carbocycles. The van der Waals surface area contributed by atoms with Crippen molar-refractivity contribution in [3.8, 4) is 17.1 Å². The van der Waals surface area contributed by atoms with Crippen LogP contribution in [0.1, 0.15) is 23.2 Å². The van der Waals surface area contributed by atoms with Crippen molar-refractivity contribution in [2.24, 2.45) is 0 Å². The van der Waals surface area contributed by atoms with Crippen LogP contribution in [0.3, 0.4) is 0 Å². The molecule has 0 radical (unpaired) electrons. The van der Waals surface area contributed by atoms with Gasteiger partial charge in [0.1, 0.15) is 5.75 Å². The lowest BCUT2D eigenvalue weighted by Crippen LogP contribution is -2.30. The van der Waals surface area contributed by atoms with Gasteiger partial charge in [-0.15, -0.1) is 0 Å². The molecule has 1 aliphatic rings. The van der Waals surface area contributed by atoms with E-state index >= 15 is 0 Å². The first-order valence-corrected chi connectivity index (χ1v) is 11.3. The molecule has 0 aliphatic carbocycles. The predicted octanol–water partition coefficient (Wildman–Crippen LogP) is 6.10. The molecular formula is C24H18ClN3O3S. The third-order valence-corrected chi connectivity index (χ3v) is 6.43. The molecule has 0 atom stereocenters. The van der Waals surface area contributed by atoms with Crippen molar-refractivity contribution in [1.82, 2.24) is 10.1 Å². The van der Waals surface area contributed by atoms with Gasteiger partial charge in [-0.05, 0) is 61.5 Å². The van der Waals surface area contributed by atoms with Crippen molar-refractivity contribution in [2.75, 3.05) is 11.4 Å². The minimum atomic E-state index is 0.00305. The summed E-state index contributed by atoms with van der Waals surface area (Å²) >= 11 is 7.46. The van der Waals surface area contributed by atoms with E-state index in [9.17, 15) is 4.79 Å². The number of amides is 1. The Bertz CT molecular complexity index is 1290. The molecule has 4 aromatic rings. The van der Waals surface area contributed by atoms with Crippen LogP contribution in [-0.4, -0.2) is 22.6 Å². The van der Waals surface area contributed by atoms with E-state index in [1.807, 2.05) is 49.4 Å². The molecule has 0 spiro atoms. The van der Waals surface area contributed by atoms with Crippen LogP contribution in [0.4, 0.5) is 5.69 Å². The summed E-state index contributed by atoms with van der Waals surface area (Å²) in [4.78, 5) is 21.2. The number of anilines is 1.